The van der Waals surface area contributed by atoms with Gasteiger partial charge in [0, 0.05) is 5.69 Å². The minimum absolute atomic E-state index is 0.0542. The van der Waals surface area contributed by atoms with E-state index in [0.29, 0.717) is 11.5 Å². The number of halogens is 3. The van der Waals surface area contributed by atoms with Crippen LogP contribution in [0.2, 0.25) is 0 Å². The van der Waals surface area contributed by atoms with Crippen LogP contribution in [0.5, 0.6) is 11.5 Å². The van der Waals surface area contributed by atoms with E-state index in [1.165, 1.54) is 12.1 Å². The van der Waals surface area contributed by atoms with E-state index >= 15 is 0 Å². The van der Waals surface area contributed by atoms with Crippen molar-refractivity contribution in [1.82, 2.24) is 5.32 Å². The molecule has 1 atom stereocenters. The minimum atomic E-state index is -4.46. The smallest absolute Gasteiger partial charge is 0.416 e. The lowest BCUT2D eigenvalue weighted by Gasteiger charge is -2.26. The van der Waals surface area contributed by atoms with Gasteiger partial charge in [-0.1, -0.05) is 18.2 Å². The topological polar surface area (TPSA) is 59.6 Å². The molecule has 0 spiro atoms. The Morgan fingerprint density at radius 2 is 1.88 bits per heavy atom. The molecule has 0 aromatic heterocycles. The second-order valence-corrected chi connectivity index (χ2v) is 5.41. The molecule has 5 nitrogen and oxygen atoms in total. The average Bonchev–Trinajstić information content (AvgIpc) is 2.59. The predicted molar refractivity (Wildman–Crippen MR) is 84.8 cm³/mol. The molecule has 0 fully saturated rings. The molecule has 1 aliphatic rings. The fourth-order valence-corrected chi connectivity index (χ4v) is 2.32. The van der Waals surface area contributed by atoms with Gasteiger partial charge in [0.1, 0.15) is 6.61 Å². The van der Waals surface area contributed by atoms with Crippen LogP contribution in [0.25, 0.3) is 0 Å². The highest BCUT2D eigenvalue weighted by Crippen LogP contribution is 2.31. The van der Waals surface area contributed by atoms with Gasteiger partial charge in [-0.05, 0) is 30.3 Å². The van der Waals surface area contributed by atoms with Crippen molar-refractivity contribution in [3.8, 4) is 11.5 Å². The van der Waals surface area contributed by atoms with E-state index in [2.05, 4.69) is 10.6 Å². The molecule has 2 aromatic carbocycles. The summed E-state index contributed by atoms with van der Waals surface area (Å²) in [6.07, 6.45) is -4.85. The number of fused-ring (bicyclic) bond motifs is 1. The number of ether oxygens (including phenoxy) is 2. The van der Waals surface area contributed by atoms with E-state index in [9.17, 15) is 18.0 Å². The van der Waals surface area contributed by atoms with E-state index in [0.717, 1.165) is 12.1 Å². The summed E-state index contributed by atoms with van der Waals surface area (Å²) in [6.45, 7) is 0.417. The monoisotopic (exact) mass is 352 g/mol. The normalized spacial score (nSPS) is 16.2. The second-order valence-electron chi connectivity index (χ2n) is 5.41. The number of anilines is 1. The number of benzene rings is 2. The van der Waals surface area contributed by atoms with Crippen LogP contribution in [0, 0.1) is 0 Å². The van der Waals surface area contributed by atoms with Crippen LogP contribution in [0.4, 0.5) is 23.7 Å². The molecule has 0 bridgehead atoms. The van der Waals surface area contributed by atoms with E-state index in [1.54, 1.807) is 18.2 Å². The van der Waals surface area contributed by atoms with Gasteiger partial charge in [-0.15, -0.1) is 0 Å². The Labute approximate surface area is 141 Å². The van der Waals surface area contributed by atoms with Gasteiger partial charge in [-0.25, -0.2) is 4.79 Å². The number of amides is 2. The number of para-hydroxylation sites is 2. The van der Waals surface area contributed by atoms with Crippen molar-refractivity contribution in [2.45, 2.75) is 12.3 Å². The van der Waals surface area contributed by atoms with Crippen molar-refractivity contribution in [1.29, 1.82) is 0 Å². The van der Waals surface area contributed by atoms with Crippen LogP contribution in [-0.4, -0.2) is 25.3 Å². The molecule has 0 aliphatic carbocycles. The van der Waals surface area contributed by atoms with Crippen LogP contribution in [0.1, 0.15) is 5.56 Å². The van der Waals surface area contributed by atoms with E-state index in [1.807, 2.05) is 6.07 Å². The van der Waals surface area contributed by atoms with Crippen molar-refractivity contribution >= 4 is 11.7 Å². The fraction of sp³-hybridized carbons (Fsp3) is 0.235. The maximum Gasteiger partial charge on any atom is 0.416 e. The Morgan fingerprint density at radius 1 is 1.12 bits per heavy atom. The van der Waals surface area contributed by atoms with Gasteiger partial charge < -0.3 is 20.1 Å². The van der Waals surface area contributed by atoms with Crippen molar-refractivity contribution in [2.24, 2.45) is 0 Å². The highest BCUT2D eigenvalue weighted by atomic mass is 19.4. The van der Waals surface area contributed by atoms with Crippen LogP contribution in [0.15, 0.2) is 48.5 Å². The van der Waals surface area contributed by atoms with E-state index < -0.39 is 17.8 Å². The summed E-state index contributed by atoms with van der Waals surface area (Å²) < 4.78 is 49.2. The van der Waals surface area contributed by atoms with Gasteiger partial charge in [-0.2, -0.15) is 13.2 Å². The molecule has 2 N–H and O–H groups in total. The number of hydrogen-bond acceptors (Lipinski definition) is 3. The molecule has 1 heterocycles. The fourth-order valence-electron chi connectivity index (χ4n) is 2.32. The maximum atomic E-state index is 12.7. The van der Waals surface area contributed by atoms with Gasteiger partial charge in [0.05, 0.1) is 12.1 Å². The van der Waals surface area contributed by atoms with Crippen molar-refractivity contribution < 1.29 is 27.4 Å². The first-order valence-electron chi connectivity index (χ1n) is 7.52. The highest BCUT2D eigenvalue weighted by molar-refractivity contribution is 5.89. The summed E-state index contributed by atoms with van der Waals surface area (Å²) in [5.74, 6) is 1.21. The average molecular weight is 352 g/mol. The zero-order valence-electron chi connectivity index (χ0n) is 13.0. The van der Waals surface area contributed by atoms with Crippen molar-refractivity contribution in [3.63, 3.8) is 0 Å². The van der Waals surface area contributed by atoms with Gasteiger partial charge in [0.15, 0.2) is 17.6 Å². The first-order chi connectivity index (χ1) is 11.9. The zero-order chi connectivity index (χ0) is 17.9. The number of nitrogens with one attached hydrogen (secondary N) is 2. The number of carbonyl (C=O) groups is 1. The lowest BCUT2D eigenvalue weighted by Crippen LogP contribution is -2.42. The Balaban J connectivity index is 1.52. The highest BCUT2D eigenvalue weighted by Gasteiger charge is 2.30. The van der Waals surface area contributed by atoms with E-state index in [-0.39, 0.29) is 24.9 Å². The SMILES string of the molecule is O=C(NCC1COc2ccccc2O1)Nc1cccc(C(F)(F)F)c1. The molecule has 1 unspecified atom stereocenters. The quantitative estimate of drug-likeness (QED) is 0.886. The van der Waals surface area contributed by atoms with Crippen molar-refractivity contribution in [3.05, 3.63) is 54.1 Å². The standard InChI is InChI=1S/C17H15F3N2O3/c18-17(19,20)11-4-3-5-12(8-11)22-16(23)21-9-13-10-24-14-6-1-2-7-15(14)25-13/h1-8,13H,9-10H2,(H2,21,22,23). The summed E-state index contributed by atoms with van der Waals surface area (Å²) in [6, 6.07) is 11.0. The molecule has 0 radical (unpaired) electrons. The lowest BCUT2D eigenvalue weighted by molar-refractivity contribution is -0.137. The molecular formula is C17H15F3N2O3. The van der Waals surface area contributed by atoms with Crippen molar-refractivity contribution in [2.75, 3.05) is 18.5 Å². The molecule has 0 saturated heterocycles. The third-order valence-corrected chi connectivity index (χ3v) is 3.51. The van der Waals surface area contributed by atoms with E-state index in [4.69, 9.17) is 9.47 Å². The maximum absolute atomic E-state index is 12.7. The Bertz CT molecular complexity index is 765. The Morgan fingerprint density at radius 3 is 2.64 bits per heavy atom. The minimum Gasteiger partial charge on any atom is -0.486 e. The molecule has 2 amide bonds. The summed E-state index contributed by atoms with van der Waals surface area (Å²) in [5, 5.41) is 4.92. The van der Waals surface area contributed by atoms with Gasteiger partial charge in [0.25, 0.3) is 0 Å². The Kier molecular flexibility index (Phi) is 4.69. The van der Waals surface area contributed by atoms with Gasteiger partial charge in [-0.3, -0.25) is 0 Å². The van der Waals surface area contributed by atoms with Crippen LogP contribution in [0.3, 0.4) is 0 Å². The van der Waals surface area contributed by atoms with Crippen LogP contribution < -0.4 is 20.1 Å². The number of alkyl halides is 3. The molecule has 3 rings (SSSR count). The second kappa shape index (κ2) is 6.92. The van der Waals surface area contributed by atoms with Gasteiger partial charge >= 0.3 is 12.2 Å². The summed E-state index contributed by atoms with van der Waals surface area (Å²) in [5.41, 5.74) is -0.774. The first kappa shape index (κ1) is 16.9. The third kappa shape index (κ3) is 4.34. The first-order valence-corrected chi connectivity index (χ1v) is 7.52. The third-order valence-electron chi connectivity index (χ3n) is 3.51. The lowest BCUT2D eigenvalue weighted by atomic mass is 10.2. The largest absolute Gasteiger partial charge is 0.486 e. The molecule has 25 heavy (non-hydrogen) atoms. The summed E-state index contributed by atoms with van der Waals surface area (Å²) in [4.78, 5) is 11.9. The molecule has 0 saturated carbocycles. The van der Waals surface area contributed by atoms with Crippen LogP contribution in [-0.2, 0) is 6.18 Å². The number of rotatable bonds is 3. The summed E-state index contributed by atoms with van der Waals surface area (Å²) in [7, 11) is 0. The number of urea groups is 1. The zero-order valence-corrected chi connectivity index (χ0v) is 13.0. The molecule has 8 heteroatoms. The molecule has 132 valence electrons. The molecule has 2 aromatic rings. The molecule has 1 aliphatic heterocycles. The van der Waals surface area contributed by atoms with Crippen LogP contribution >= 0.6 is 0 Å². The predicted octanol–water partition coefficient (Wildman–Crippen LogP) is 3.67. The van der Waals surface area contributed by atoms with Gasteiger partial charge in [0.2, 0.25) is 0 Å². The summed E-state index contributed by atoms with van der Waals surface area (Å²) >= 11 is 0. The number of carbonyl (C=O) groups excluding carboxylic acids is 1. The molecular weight excluding hydrogens is 337 g/mol. The number of hydrogen-bond donors (Lipinski definition) is 2. The Hall–Kier alpha value is -2.90.